The summed E-state index contributed by atoms with van der Waals surface area (Å²) in [5, 5.41) is 12.8. The first-order chi connectivity index (χ1) is 72.4. The molecular formula is C116H112O3. The molecule has 0 aliphatic rings. The van der Waals surface area contributed by atoms with E-state index >= 15 is 0 Å². The highest BCUT2D eigenvalue weighted by Gasteiger charge is 2.23. The molecule has 0 saturated heterocycles. The lowest BCUT2D eigenvalue weighted by Gasteiger charge is -2.17. The van der Waals surface area contributed by atoms with E-state index in [0.717, 1.165) is 92.6 Å². The van der Waals surface area contributed by atoms with Crippen molar-refractivity contribution in [2.75, 3.05) is 0 Å². The Morgan fingerprint density at radius 3 is 0.950 bits per heavy atom. The maximum atomic E-state index is 9.32. The quantitative estimate of drug-likeness (QED) is 0.142. The molecular weight excluding hydrogens is 1440 g/mol. The van der Waals surface area contributed by atoms with Gasteiger partial charge in [-0.2, -0.15) is 0 Å². The van der Waals surface area contributed by atoms with Gasteiger partial charge in [0, 0.05) is 59.8 Å². The standard InChI is InChI=1S/C44H28O.2C32H20O.8CH4.6H2/c1-3-12-29(13-4-1)30-22-24-31(25-23-30)34-20-11-21-39-40-28-33(26-27-41(40)45-44(34)39)43-37-18-9-7-16-35(37)42(32-14-5-2-6-15-32)36-17-8-10-19-38(36)43;2*1-2-10-21(11-3-1)31-24-13-4-6-15-26(24)32(27-16-7-5-14-25(27)31)22-18-19-30-28(20-22)23-12-8-9-17-29(23)33-30;;;;;;;;;;;;;;/h1-28H;2*1-20H;8*1H4;6*1H/i1D,3D,4D,7D,9D,11D,12D,13D,16D,18D,20D,21D;4D,6D,13D,15D,19D;18D,19D,20D;3*1D;;;;;;6*1+1D. The molecule has 20 aromatic carbocycles. The molecule has 0 aliphatic heterocycles. The van der Waals surface area contributed by atoms with Crippen molar-refractivity contribution in [2.45, 2.75) is 59.3 Å². The van der Waals surface area contributed by atoms with E-state index in [0.29, 0.717) is 105 Å². The van der Waals surface area contributed by atoms with E-state index in [4.69, 9.17) is 59.9 Å². The third kappa shape index (κ3) is 14.3. The van der Waals surface area contributed by atoms with Gasteiger partial charge in [0.25, 0.3) is 0 Å². The Balaban J connectivity index is 0.000000293. The summed E-state index contributed by atoms with van der Waals surface area (Å²) in [6.07, 6.45) is 0. The molecule has 119 heavy (non-hydrogen) atoms. The molecule has 3 heterocycles. The summed E-state index contributed by atoms with van der Waals surface area (Å²) in [5.74, 6) is 0. The zero-order valence-corrected chi connectivity index (χ0v) is 61.9. The molecule has 0 bridgehead atoms. The van der Waals surface area contributed by atoms with Crippen LogP contribution in [0.15, 0.2) is 425 Å². The van der Waals surface area contributed by atoms with Crippen LogP contribution in [0.25, 0.3) is 219 Å². The Hall–Kier alpha value is -14.6. The first-order valence-electron chi connectivity index (χ1n) is 55.4. The van der Waals surface area contributed by atoms with Crippen LogP contribution in [0, 0.1) is 0 Å². The summed E-state index contributed by atoms with van der Waals surface area (Å²) in [4.78, 5) is 0. The third-order valence-electron chi connectivity index (χ3n) is 20.9. The Morgan fingerprint density at radius 1 is 0.185 bits per heavy atom. The van der Waals surface area contributed by atoms with Gasteiger partial charge in [0.05, 0.1) is 27.4 Å². The largest absolute Gasteiger partial charge is 0.456 e. The smallest absolute Gasteiger partial charge is 0.143 e. The molecule has 0 fully saturated rings. The minimum absolute atomic E-state index is 0. The number of fused-ring (bicyclic) bond motifs is 15. The highest BCUT2D eigenvalue weighted by molar-refractivity contribution is 6.26. The van der Waals surface area contributed by atoms with Crippen LogP contribution >= 0.6 is 0 Å². The van der Waals surface area contributed by atoms with Crippen molar-refractivity contribution < 1.29 is 62.6 Å². The van der Waals surface area contributed by atoms with Gasteiger partial charge in [0.2, 0.25) is 0 Å². The fourth-order valence-corrected chi connectivity index (χ4v) is 16.1. The van der Waals surface area contributed by atoms with Gasteiger partial charge in [-0.15, -0.1) is 0 Å². The molecule has 0 radical (unpaired) electrons. The average Bonchev–Trinajstić information content (AvgIpc) is 1.13. The maximum absolute atomic E-state index is 9.32. The minimum Gasteiger partial charge on any atom is -0.456 e. The van der Waals surface area contributed by atoms with Gasteiger partial charge in [-0.1, -0.05) is 423 Å². The van der Waals surface area contributed by atoms with Crippen LogP contribution < -0.4 is 0 Å². The average molecular weight is 1590 g/mol. The van der Waals surface area contributed by atoms with E-state index < -0.39 is 18.1 Å². The second-order valence-electron chi connectivity index (χ2n) is 27.2. The Kier molecular flexibility index (Phi) is 15.4. The second kappa shape index (κ2) is 34.8. The van der Waals surface area contributed by atoms with Crippen LogP contribution in [0.4, 0.5) is 0 Å². The normalized spacial score (nSPS) is 13.8. The third-order valence-corrected chi connectivity index (χ3v) is 20.9. The van der Waals surface area contributed by atoms with Crippen molar-refractivity contribution in [2.24, 2.45) is 0 Å². The molecule has 0 aliphatic carbocycles. The van der Waals surface area contributed by atoms with E-state index in [9.17, 15) is 2.74 Å². The van der Waals surface area contributed by atoms with Crippen molar-refractivity contribution >= 4 is 130 Å². The molecule has 0 atom stereocenters. The van der Waals surface area contributed by atoms with Crippen LogP contribution in [0.2, 0.25) is 0 Å². The number of furan rings is 3. The van der Waals surface area contributed by atoms with Crippen molar-refractivity contribution in [1.82, 2.24) is 0 Å². The van der Waals surface area contributed by atoms with Crippen molar-refractivity contribution in [1.29, 1.82) is 0 Å². The first-order valence-corrected chi connectivity index (χ1v) is 36.4. The van der Waals surface area contributed by atoms with Crippen molar-refractivity contribution in [3.05, 3.63) is 412 Å². The van der Waals surface area contributed by atoms with Crippen LogP contribution in [-0.4, -0.2) is 0 Å². The summed E-state index contributed by atoms with van der Waals surface area (Å²) >= 11 is 0. The summed E-state index contributed by atoms with van der Waals surface area (Å²) < 4.78 is 270. The van der Waals surface area contributed by atoms with Gasteiger partial charge in [-0.25, -0.2) is 0 Å². The maximum Gasteiger partial charge on any atom is 0.143 e. The molecule has 23 rings (SSSR count). The number of hydrogen-bond donors (Lipinski definition) is 0. The van der Waals surface area contributed by atoms with Crippen molar-refractivity contribution in [3.8, 4) is 89.0 Å². The number of benzene rings is 20. The summed E-state index contributed by atoms with van der Waals surface area (Å²) in [6, 6.07) is 87.9. The van der Waals surface area contributed by atoms with E-state index in [1.165, 1.54) is 22.2 Å². The molecule has 594 valence electrons. The SMILES string of the molecule is C.C.C.C.C.[2H]C.[2H]C.[2H]C.[2H][2H].[2H][2H].[2H][2H].[2H][2H].[2H][2H].[2H][2H].[2H]c1c(-c2c3ccccc3c(-c3ccccc3)c3ccccc23)c([2H])c2c(oc3ccccc32)c1[2H].[2H]c1c([2H])c([2H])c(-c2ccc(-c3c([2H])c([2H])c([2H])c4c3oc3ccc(-c5c6ccccc6c(-c6ccccc6)c6c([2H])c([2H])c([2H])c([2H])c56)cc34)cc2)c([2H])c1[2H].[2H]c1c([2H])c([2H])c2c(-c3cc([2H])c4oc5ccccc5c4c3)c3ccccc3c(-c3ccccc3)c2c1[2H]. The first kappa shape index (κ1) is 52.8. The van der Waals surface area contributed by atoms with Crippen LogP contribution in [0.3, 0.4) is 0 Å². The highest BCUT2D eigenvalue weighted by atomic mass is 16.3. The summed E-state index contributed by atoms with van der Waals surface area (Å²) in [6.45, 7) is 0. The molecule has 0 unspecified atom stereocenters. The number of hydrogen-bond acceptors (Lipinski definition) is 3. The van der Waals surface area contributed by atoms with Crippen LogP contribution in [0.1, 0.15) is 109 Å². The Bertz CT molecular complexity index is 8790. The zero-order chi connectivity index (χ0) is 109. The fraction of sp³-hybridized carbons (Fsp3) is 0.0690. The number of rotatable bonds is 8. The molecule has 3 nitrogen and oxygen atoms in total. The number of para-hydroxylation sites is 3. The van der Waals surface area contributed by atoms with Crippen molar-refractivity contribution in [3.63, 3.8) is 0 Å². The molecule has 3 heteroatoms. The predicted octanol–water partition coefficient (Wildman–Crippen LogP) is 37.6. The Morgan fingerprint density at radius 2 is 0.504 bits per heavy atom. The minimum atomic E-state index is -0.493. The summed E-state index contributed by atoms with van der Waals surface area (Å²) in [7, 11) is 3.75. The molecule has 0 saturated carbocycles. The monoisotopic (exact) mass is 1590 g/mol. The molecule has 0 amide bonds. The topological polar surface area (TPSA) is 39.4 Å². The van der Waals surface area contributed by atoms with Gasteiger partial charge in [-0.05, 0) is 197 Å². The van der Waals surface area contributed by atoms with Gasteiger partial charge in [-0.3, -0.25) is 0 Å². The molecule has 0 spiro atoms. The van der Waals surface area contributed by atoms with E-state index in [1.807, 2.05) is 206 Å². The van der Waals surface area contributed by atoms with E-state index in [2.05, 4.69) is 36.4 Å². The lowest BCUT2D eigenvalue weighted by Crippen LogP contribution is -1.90. The van der Waals surface area contributed by atoms with Crippen LogP contribution in [0.5, 0.6) is 0 Å². The van der Waals surface area contributed by atoms with Gasteiger partial charge >= 0.3 is 0 Å². The zero-order valence-electron chi connectivity index (χ0n) is 96.9. The van der Waals surface area contributed by atoms with E-state index in [1.54, 1.807) is 48.5 Å². The fourth-order valence-electron chi connectivity index (χ4n) is 16.1. The molecule has 0 N–H and O–H groups in total. The molecule has 3 aromatic heterocycles. The highest BCUT2D eigenvalue weighted by Crippen LogP contribution is 2.50. The predicted molar refractivity (Wildman–Crippen MR) is 536 cm³/mol. The van der Waals surface area contributed by atoms with Gasteiger partial charge < -0.3 is 13.3 Å². The van der Waals surface area contributed by atoms with Gasteiger partial charge in [0.15, 0.2) is 0 Å². The second-order valence-corrected chi connectivity index (χ2v) is 27.2. The Labute approximate surface area is 750 Å². The van der Waals surface area contributed by atoms with Gasteiger partial charge in [0.1, 0.15) is 33.5 Å². The lowest BCUT2D eigenvalue weighted by atomic mass is 9.86. The summed E-state index contributed by atoms with van der Waals surface area (Å²) in [5.41, 5.74) is 13.0. The van der Waals surface area contributed by atoms with E-state index in [-0.39, 0.29) is 162 Å². The molecule has 23 aromatic rings. The lowest BCUT2D eigenvalue weighted by molar-refractivity contribution is 0.668. The van der Waals surface area contributed by atoms with Crippen LogP contribution in [-0.2, 0) is 0 Å².